The molecule has 2 aliphatic heterocycles. The zero-order valence-electron chi connectivity index (χ0n) is 37.3. The van der Waals surface area contributed by atoms with Crippen molar-refractivity contribution in [1.29, 1.82) is 0 Å². The molecule has 0 saturated heterocycles. The molecular formula is C48H40N4+2. The Morgan fingerprint density at radius 2 is 0.577 bits per heavy atom. The van der Waals surface area contributed by atoms with Gasteiger partial charge in [-0.2, -0.15) is 9.13 Å². The topological polar surface area (TPSA) is 17.6 Å². The monoisotopic (exact) mass is 680 g/mol. The third-order valence-corrected chi connectivity index (χ3v) is 10.0. The first-order chi connectivity index (χ1) is 28.9. The molecule has 0 unspecified atom stereocenters. The van der Waals surface area contributed by atoms with Gasteiger partial charge >= 0.3 is 0 Å². The fraction of sp³-hybridized carbons (Fsp3) is 0.0833. The van der Waals surface area contributed by atoms with Crippen molar-refractivity contribution >= 4 is 46.3 Å². The zero-order chi connectivity index (χ0) is 42.3. The van der Waals surface area contributed by atoms with Crippen molar-refractivity contribution in [3.63, 3.8) is 0 Å². The lowest BCUT2D eigenvalue weighted by Gasteiger charge is -2.10. The van der Waals surface area contributed by atoms with Gasteiger partial charge in [-0.15, -0.1) is 0 Å². The maximum absolute atomic E-state index is 9.72. The van der Waals surface area contributed by atoms with E-state index in [1.165, 1.54) is 0 Å². The van der Waals surface area contributed by atoms with Crippen molar-refractivity contribution in [2.45, 2.75) is 0 Å². The summed E-state index contributed by atoms with van der Waals surface area (Å²) in [6, 6.07) is 36.8. The van der Waals surface area contributed by atoms with Crippen LogP contribution in [0.5, 0.6) is 0 Å². The standard InChI is InChI=1S/C48H40N4/c1-49-37-25-26-38(49)46(34-19-11-6-12-20-34)40-28-30-42(51(40)3)48(36-23-15-8-16-24-36)44-32-31-43(52(44)4)47(35-21-13-7-14-22-35)41-29-27-39(50(41)2)45(37)33-17-9-5-10-18-33/h5-32H,1-4H3/q+2/i25D,26D,27D,28D,29D,30D,31D,32D. The molecule has 250 valence electrons. The summed E-state index contributed by atoms with van der Waals surface area (Å²) >= 11 is 0. The van der Waals surface area contributed by atoms with Crippen LogP contribution in [0.1, 0.15) is 33.7 Å². The van der Waals surface area contributed by atoms with Crippen LogP contribution in [0.25, 0.3) is 90.8 Å². The Balaban J connectivity index is 1.72. The van der Waals surface area contributed by atoms with Gasteiger partial charge < -0.3 is 9.13 Å². The van der Waals surface area contributed by atoms with E-state index in [0.29, 0.717) is 89.4 Å². The average Bonchev–Trinajstić information content (AvgIpc) is 3.80. The first-order valence-corrected chi connectivity index (χ1v) is 17.2. The van der Waals surface area contributed by atoms with Crippen LogP contribution in [0.3, 0.4) is 0 Å². The van der Waals surface area contributed by atoms with E-state index in [9.17, 15) is 11.0 Å². The number of nitrogens with zero attached hydrogens (tertiary/aromatic N) is 4. The third-order valence-electron chi connectivity index (χ3n) is 10.0. The maximum atomic E-state index is 9.72. The maximum Gasteiger partial charge on any atom is 0.215 e. The van der Waals surface area contributed by atoms with Crippen molar-refractivity contribution in [3.8, 4) is 44.5 Å². The average molecular weight is 681 g/mol. The van der Waals surface area contributed by atoms with Gasteiger partial charge in [-0.05, 0) is 46.4 Å². The van der Waals surface area contributed by atoms with Gasteiger partial charge in [-0.1, -0.05) is 121 Å². The van der Waals surface area contributed by atoms with Crippen LogP contribution in [-0.2, 0) is 28.2 Å². The summed E-state index contributed by atoms with van der Waals surface area (Å²) in [5, 5.41) is 0. The van der Waals surface area contributed by atoms with Crippen LogP contribution in [0.15, 0.2) is 145 Å². The predicted octanol–water partition coefficient (Wildman–Crippen LogP) is 10.2. The lowest BCUT2D eigenvalue weighted by atomic mass is 10.0. The Kier molecular flexibility index (Phi) is 5.80. The third kappa shape index (κ3) is 4.98. The quantitative estimate of drug-likeness (QED) is 0.165. The van der Waals surface area contributed by atoms with Crippen molar-refractivity contribution in [3.05, 3.63) is 168 Å². The molecule has 4 heteroatoms. The molecule has 4 aromatic carbocycles. The van der Waals surface area contributed by atoms with E-state index in [1.807, 2.05) is 121 Å². The van der Waals surface area contributed by atoms with E-state index >= 15 is 0 Å². The van der Waals surface area contributed by atoms with E-state index in [0.717, 1.165) is 0 Å². The number of hydrogen-bond donors (Lipinski definition) is 0. The second kappa shape index (κ2) is 12.7. The Bertz CT molecular complexity index is 2770. The van der Waals surface area contributed by atoms with E-state index in [4.69, 9.17) is 0 Å². The van der Waals surface area contributed by atoms with E-state index in [1.54, 1.807) is 46.5 Å². The van der Waals surface area contributed by atoms with Gasteiger partial charge in [0.2, 0.25) is 22.8 Å². The molecule has 0 N–H and O–H groups in total. The van der Waals surface area contributed by atoms with E-state index < -0.39 is 0 Å². The Morgan fingerprint density at radius 3 is 0.788 bits per heavy atom. The van der Waals surface area contributed by atoms with Crippen LogP contribution in [0.2, 0.25) is 0 Å². The van der Waals surface area contributed by atoms with Gasteiger partial charge in [0.05, 0.1) is 55.3 Å². The Hall–Kier alpha value is -6.52. The second-order valence-electron chi connectivity index (χ2n) is 13.0. The molecule has 0 aliphatic carbocycles. The van der Waals surface area contributed by atoms with Gasteiger partial charge in [-0.3, -0.25) is 0 Å². The van der Waals surface area contributed by atoms with Crippen molar-refractivity contribution in [2.24, 2.45) is 28.2 Å². The summed E-state index contributed by atoms with van der Waals surface area (Å²) in [7, 11) is 7.14. The zero-order valence-corrected chi connectivity index (χ0v) is 29.3. The summed E-state index contributed by atoms with van der Waals surface area (Å²) in [5.41, 5.74) is 7.18. The lowest BCUT2D eigenvalue weighted by Crippen LogP contribution is -2.33. The number of hydrogen-bond acceptors (Lipinski definition) is 0. The number of fused-ring (bicyclic) bond motifs is 8. The fourth-order valence-electron chi connectivity index (χ4n) is 7.39. The van der Waals surface area contributed by atoms with Gasteiger partial charge in [0.25, 0.3) is 0 Å². The van der Waals surface area contributed by atoms with Crippen LogP contribution < -0.4 is 9.13 Å². The molecule has 0 fully saturated rings. The number of aromatic nitrogens is 4. The number of benzene rings is 4. The van der Waals surface area contributed by atoms with E-state index in [-0.39, 0.29) is 48.4 Å². The smallest absolute Gasteiger partial charge is 0.215 e. The highest BCUT2D eigenvalue weighted by atomic mass is 15.0. The molecule has 0 radical (unpaired) electrons. The number of aryl methyl sites for hydroxylation is 2. The minimum Gasteiger partial charge on any atom is -0.343 e. The van der Waals surface area contributed by atoms with Crippen molar-refractivity contribution < 1.29 is 20.1 Å². The minimum atomic E-state index is -0.104. The minimum absolute atomic E-state index is 0.104. The first kappa shape index (κ1) is 23.8. The van der Waals surface area contributed by atoms with Crippen molar-refractivity contribution in [2.75, 3.05) is 0 Å². The molecule has 3 aromatic heterocycles. The molecule has 0 atom stereocenters. The van der Waals surface area contributed by atoms with Crippen LogP contribution >= 0.6 is 0 Å². The summed E-state index contributed by atoms with van der Waals surface area (Å²) in [6.45, 7) is 0. The fourth-order valence-corrected chi connectivity index (χ4v) is 7.39. The van der Waals surface area contributed by atoms with Crippen LogP contribution in [0.4, 0.5) is 0 Å². The van der Waals surface area contributed by atoms with Crippen LogP contribution in [-0.4, -0.2) is 9.13 Å². The predicted molar refractivity (Wildman–Crippen MR) is 217 cm³/mol. The molecule has 4 nitrogen and oxygen atoms in total. The molecule has 8 bridgehead atoms. The molecule has 52 heavy (non-hydrogen) atoms. The SMILES string of the molecule is [2H]C1=C([2H])c2c(-c3ccccc3)c3c([2H])c([2H])c(c(-c4ccccc4)c4[n+](C)c(c(-c5ccccc5)c5c([2H])c([2H])c(c(-c6ccccc6)c1[n+]2C)n5C)C([2H])=C4[2H])n3C. The lowest BCUT2D eigenvalue weighted by molar-refractivity contribution is -0.671. The largest absolute Gasteiger partial charge is 0.343 e. The molecule has 0 amide bonds. The molecule has 0 spiro atoms. The summed E-state index contributed by atoms with van der Waals surface area (Å²) in [6.07, 6.45) is 0. The van der Waals surface area contributed by atoms with Crippen molar-refractivity contribution in [1.82, 2.24) is 9.13 Å². The molecule has 0 saturated carbocycles. The Morgan fingerprint density at radius 1 is 0.365 bits per heavy atom. The first-order valence-electron chi connectivity index (χ1n) is 21.2. The van der Waals surface area contributed by atoms with Gasteiger partial charge in [0.1, 0.15) is 14.1 Å². The normalized spacial score (nSPS) is 15.0. The Labute approximate surface area is 316 Å². The van der Waals surface area contributed by atoms with Crippen LogP contribution in [0, 0.1) is 0 Å². The highest BCUT2D eigenvalue weighted by molar-refractivity contribution is 5.98. The summed E-state index contributed by atoms with van der Waals surface area (Å²) in [4.78, 5) is 0. The second-order valence-corrected chi connectivity index (χ2v) is 13.0. The molecule has 7 aromatic rings. The summed E-state index contributed by atoms with van der Waals surface area (Å²) < 4.78 is 84.9. The number of rotatable bonds is 4. The van der Waals surface area contributed by atoms with Gasteiger partial charge in [-0.25, -0.2) is 0 Å². The molecule has 2 aliphatic rings. The highest BCUT2D eigenvalue weighted by Gasteiger charge is 2.29. The molecular weight excluding hydrogens is 633 g/mol. The molecule has 5 heterocycles. The molecule has 9 rings (SSSR count). The summed E-state index contributed by atoms with van der Waals surface area (Å²) in [5.74, 6) is 0. The van der Waals surface area contributed by atoms with Gasteiger partial charge in [0, 0.05) is 38.3 Å². The highest BCUT2D eigenvalue weighted by Crippen LogP contribution is 2.38. The van der Waals surface area contributed by atoms with E-state index in [2.05, 4.69) is 0 Å². The van der Waals surface area contributed by atoms with Gasteiger partial charge in [0.15, 0.2) is 0 Å².